The van der Waals surface area contributed by atoms with Gasteiger partial charge in [-0.05, 0) is 74.5 Å². The smallest absolute Gasteiger partial charge is 0.410 e. The summed E-state index contributed by atoms with van der Waals surface area (Å²) in [6, 6.07) is 12.7. The molecule has 2 aromatic carbocycles. The van der Waals surface area contributed by atoms with Crippen molar-refractivity contribution in [2.75, 3.05) is 17.8 Å². The number of anilines is 1. The SMILES string of the molecule is Cc1c(S(=O)(=O)Nc2ccc(C3CN(C(=O)OC(C)(C)C)C3)cc2)sc2ccc(Cl)cc12. The summed E-state index contributed by atoms with van der Waals surface area (Å²) in [6.45, 7) is 8.50. The highest BCUT2D eigenvalue weighted by molar-refractivity contribution is 7.94. The van der Waals surface area contributed by atoms with Gasteiger partial charge in [0.1, 0.15) is 9.81 Å². The third-order valence-corrected chi connectivity index (χ3v) is 8.78. The molecule has 1 N–H and O–H groups in total. The second-order valence-corrected chi connectivity index (χ2v) is 12.3. The maximum atomic E-state index is 13.0. The van der Waals surface area contributed by atoms with Gasteiger partial charge in [0.05, 0.1) is 0 Å². The van der Waals surface area contributed by atoms with Gasteiger partial charge in [-0.2, -0.15) is 0 Å². The largest absolute Gasteiger partial charge is 0.444 e. The number of thiophene rings is 1. The predicted molar refractivity (Wildman–Crippen MR) is 129 cm³/mol. The van der Waals surface area contributed by atoms with Crippen LogP contribution in [0.2, 0.25) is 5.02 Å². The van der Waals surface area contributed by atoms with Crippen LogP contribution in [-0.2, 0) is 14.8 Å². The molecule has 1 saturated heterocycles. The summed E-state index contributed by atoms with van der Waals surface area (Å²) in [4.78, 5) is 13.8. The van der Waals surface area contributed by atoms with E-state index in [4.69, 9.17) is 16.3 Å². The highest BCUT2D eigenvalue weighted by atomic mass is 35.5. The molecule has 2 heterocycles. The van der Waals surface area contributed by atoms with Crippen LogP contribution >= 0.6 is 22.9 Å². The van der Waals surface area contributed by atoms with Crippen molar-refractivity contribution in [2.24, 2.45) is 0 Å². The van der Waals surface area contributed by atoms with Crippen LogP contribution in [-0.4, -0.2) is 38.1 Å². The second-order valence-electron chi connectivity index (χ2n) is 8.96. The third kappa shape index (κ3) is 4.72. The highest BCUT2D eigenvalue weighted by Crippen LogP contribution is 2.36. The Morgan fingerprint density at radius 3 is 2.44 bits per heavy atom. The monoisotopic (exact) mass is 492 g/mol. The van der Waals surface area contributed by atoms with Crippen LogP contribution in [0.25, 0.3) is 10.1 Å². The van der Waals surface area contributed by atoms with Crippen LogP contribution in [0, 0.1) is 6.92 Å². The topological polar surface area (TPSA) is 75.7 Å². The van der Waals surface area contributed by atoms with Crippen LogP contribution < -0.4 is 4.72 Å². The molecule has 1 aromatic heterocycles. The van der Waals surface area contributed by atoms with Crippen molar-refractivity contribution in [1.29, 1.82) is 0 Å². The zero-order chi connectivity index (χ0) is 23.3. The maximum Gasteiger partial charge on any atom is 0.410 e. The Labute approximate surface area is 197 Å². The van der Waals surface area contributed by atoms with Gasteiger partial charge >= 0.3 is 6.09 Å². The first-order valence-corrected chi connectivity index (χ1v) is 12.9. The number of amides is 1. The molecule has 0 unspecified atom stereocenters. The number of hydrogen-bond acceptors (Lipinski definition) is 5. The lowest BCUT2D eigenvalue weighted by molar-refractivity contribution is 0.00819. The number of sulfonamides is 1. The molecule has 0 atom stereocenters. The quantitative estimate of drug-likeness (QED) is 0.484. The number of aryl methyl sites for hydroxylation is 1. The highest BCUT2D eigenvalue weighted by Gasteiger charge is 2.34. The Morgan fingerprint density at radius 1 is 1.16 bits per heavy atom. The van der Waals surface area contributed by atoms with Gasteiger partial charge in [-0.25, -0.2) is 13.2 Å². The molecule has 6 nitrogen and oxygen atoms in total. The predicted octanol–water partition coefficient (Wildman–Crippen LogP) is 6.00. The van der Waals surface area contributed by atoms with Gasteiger partial charge in [0, 0.05) is 34.4 Å². The molecule has 1 amide bonds. The number of halogens is 1. The van der Waals surface area contributed by atoms with Gasteiger partial charge in [-0.1, -0.05) is 23.7 Å². The zero-order valence-corrected chi connectivity index (χ0v) is 20.7. The van der Waals surface area contributed by atoms with Crippen molar-refractivity contribution in [3.63, 3.8) is 0 Å². The summed E-state index contributed by atoms with van der Waals surface area (Å²) < 4.78 is 35.2. The Bertz CT molecular complexity index is 1270. The van der Waals surface area contributed by atoms with E-state index >= 15 is 0 Å². The van der Waals surface area contributed by atoms with Gasteiger partial charge in [-0.3, -0.25) is 4.72 Å². The third-order valence-electron chi connectivity index (χ3n) is 5.27. The first kappa shape index (κ1) is 22.9. The zero-order valence-electron chi connectivity index (χ0n) is 18.3. The number of nitrogens with zero attached hydrogens (tertiary/aromatic N) is 1. The van der Waals surface area contributed by atoms with Gasteiger partial charge in [0.15, 0.2) is 0 Å². The van der Waals surface area contributed by atoms with E-state index in [0.717, 1.165) is 15.6 Å². The van der Waals surface area contributed by atoms with E-state index in [1.807, 2.05) is 39.0 Å². The molecule has 1 aliphatic rings. The first-order valence-electron chi connectivity index (χ1n) is 10.2. The van der Waals surface area contributed by atoms with Gasteiger partial charge in [-0.15, -0.1) is 11.3 Å². The van der Waals surface area contributed by atoms with Gasteiger partial charge < -0.3 is 9.64 Å². The fourth-order valence-corrected chi connectivity index (χ4v) is 6.60. The lowest BCUT2D eigenvalue weighted by Crippen LogP contribution is -2.50. The van der Waals surface area contributed by atoms with Gasteiger partial charge in [0.25, 0.3) is 10.0 Å². The average Bonchev–Trinajstić information content (AvgIpc) is 2.97. The Kier molecular flexibility index (Phi) is 5.90. The lowest BCUT2D eigenvalue weighted by atomic mass is 9.92. The molecule has 170 valence electrons. The summed E-state index contributed by atoms with van der Waals surface area (Å²) >= 11 is 7.29. The fourth-order valence-electron chi connectivity index (χ4n) is 3.62. The minimum atomic E-state index is -3.72. The molecule has 0 bridgehead atoms. The number of benzene rings is 2. The molecule has 0 radical (unpaired) electrons. The van der Waals surface area contributed by atoms with E-state index in [0.29, 0.717) is 29.4 Å². The van der Waals surface area contributed by atoms with Crippen molar-refractivity contribution in [1.82, 2.24) is 4.90 Å². The number of likely N-dealkylation sites (tertiary alicyclic amines) is 1. The average molecular weight is 493 g/mol. The Hall–Kier alpha value is -2.29. The van der Waals surface area contributed by atoms with E-state index in [1.165, 1.54) is 11.3 Å². The van der Waals surface area contributed by atoms with Crippen LogP contribution in [0.5, 0.6) is 0 Å². The Morgan fingerprint density at radius 2 is 1.81 bits per heavy atom. The molecule has 9 heteroatoms. The van der Waals surface area contributed by atoms with E-state index < -0.39 is 15.6 Å². The molecule has 32 heavy (non-hydrogen) atoms. The molecule has 4 rings (SSSR count). The molecule has 0 saturated carbocycles. The minimum Gasteiger partial charge on any atom is -0.444 e. The maximum absolute atomic E-state index is 13.0. The van der Waals surface area contributed by atoms with E-state index in [-0.39, 0.29) is 16.2 Å². The van der Waals surface area contributed by atoms with Crippen molar-refractivity contribution >= 4 is 54.8 Å². The molecular formula is C23H25ClN2O4S2. The van der Waals surface area contributed by atoms with Crippen LogP contribution in [0.1, 0.15) is 37.8 Å². The van der Waals surface area contributed by atoms with Crippen molar-refractivity contribution in [3.05, 3.63) is 58.6 Å². The lowest BCUT2D eigenvalue weighted by Gasteiger charge is -2.40. The molecule has 1 aliphatic heterocycles. The molecule has 1 fully saturated rings. The van der Waals surface area contributed by atoms with E-state index in [9.17, 15) is 13.2 Å². The molecular weight excluding hydrogens is 468 g/mol. The van der Waals surface area contributed by atoms with Crippen LogP contribution in [0.4, 0.5) is 10.5 Å². The number of carbonyl (C=O) groups excluding carboxylic acids is 1. The van der Waals surface area contributed by atoms with Crippen molar-refractivity contribution in [2.45, 2.75) is 43.4 Å². The normalized spacial score (nSPS) is 15.0. The van der Waals surface area contributed by atoms with E-state index in [1.54, 1.807) is 36.1 Å². The molecule has 0 spiro atoms. The van der Waals surface area contributed by atoms with Crippen molar-refractivity contribution < 1.29 is 17.9 Å². The van der Waals surface area contributed by atoms with Crippen LogP contribution in [0.3, 0.4) is 0 Å². The number of rotatable bonds is 4. The summed E-state index contributed by atoms with van der Waals surface area (Å²) in [5.41, 5.74) is 1.72. The summed E-state index contributed by atoms with van der Waals surface area (Å²) in [5, 5.41) is 1.42. The van der Waals surface area contributed by atoms with Crippen molar-refractivity contribution in [3.8, 4) is 0 Å². The Balaban J connectivity index is 1.43. The second kappa shape index (κ2) is 8.24. The van der Waals surface area contributed by atoms with Crippen LogP contribution in [0.15, 0.2) is 46.7 Å². The number of carbonyl (C=O) groups is 1. The standard InChI is InChI=1S/C23H25ClN2O4S2/c1-14-19-11-17(24)7-10-20(19)31-21(14)32(28,29)25-18-8-5-15(6-9-18)16-12-26(13-16)22(27)30-23(2,3)4/h5-11,16,25H,12-13H2,1-4H3. The fraction of sp³-hybridized carbons (Fsp3) is 0.348. The number of hydrogen-bond donors (Lipinski definition) is 1. The minimum absolute atomic E-state index is 0.211. The summed E-state index contributed by atoms with van der Waals surface area (Å²) in [7, 11) is -3.72. The summed E-state index contributed by atoms with van der Waals surface area (Å²) in [5.74, 6) is 0.211. The molecule has 0 aliphatic carbocycles. The molecule has 3 aromatic rings. The number of nitrogens with one attached hydrogen (secondary N) is 1. The number of fused-ring (bicyclic) bond motifs is 1. The summed E-state index contributed by atoms with van der Waals surface area (Å²) in [6.07, 6.45) is -0.307. The number of ether oxygens (including phenoxy) is 1. The van der Waals surface area contributed by atoms with Gasteiger partial charge in [0.2, 0.25) is 0 Å². The first-order chi connectivity index (χ1) is 14.9. The van der Waals surface area contributed by atoms with E-state index in [2.05, 4.69) is 4.72 Å².